The fraction of sp³-hybridized carbons (Fsp3) is 0.0500. The Balaban J connectivity index is 1.51. The largest absolute Gasteiger partial charge is 0.313 e. The van der Waals surface area contributed by atoms with Gasteiger partial charge < -0.3 is 9.13 Å². The molecule has 44 heavy (non-hydrogen) atoms. The third kappa shape index (κ3) is 6.11. The van der Waals surface area contributed by atoms with Crippen molar-refractivity contribution in [1.82, 2.24) is 0 Å². The Kier molecular flexibility index (Phi) is 8.76. The van der Waals surface area contributed by atoms with E-state index in [-0.39, 0.29) is 0 Å². The third-order valence-corrected chi connectivity index (χ3v) is 14.2. The van der Waals surface area contributed by atoms with Gasteiger partial charge in [-0.05, 0) is 27.8 Å². The second-order valence-corrected chi connectivity index (χ2v) is 16.6. The molecule has 6 aromatic carbocycles. The Bertz CT molecular complexity index is 1860. The van der Waals surface area contributed by atoms with Crippen LogP contribution in [0.2, 0.25) is 0 Å². The van der Waals surface area contributed by atoms with Gasteiger partial charge in [-0.3, -0.25) is 0 Å². The molecule has 0 bridgehead atoms. The van der Waals surface area contributed by atoms with Crippen molar-refractivity contribution in [3.05, 3.63) is 187 Å². The Hall–Kier alpha value is -4.48. The summed E-state index contributed by atoms with van der Waals surface area (Å²) in [7, 11) is -6.09. The van der Waals surface area contributed by atoms with E-state index < -0.39 is 14.3 Å². The minimum atomic E-state index is -3.08. The number of benzene rings is 6. The third-order valence-electron chi connectivity index (χ3n) is 8.12. The van der Waals surface area contributed by atoms with Crippen LogP contribution < -0.4 is 21.2 Å². The van der Waals surface area contributed by atoms with Gasteiger partial charge in [-0.1, -0.05) is 176 Å². The van der Waals surface area contributed by atoms with Gasteiger partial charge in [0.2, 0.25) is 0 Å². The number of hydrogen-bond acceptors (Lipinski definition) is 2. The minimum Gasteiger partial charge on any atom is -0.313 e. The van der Waals surface area contributed by atoms with Gasteiger partial charge >= 0.3 is 0 Å². The van der Waals surface area contributed by atoms with Gasteiger partial charge in [0, 0.05) is 33.5 Å². The summed E-state index contributed by atoms with van der Waals surface area (Å²) in [4.78, 5) is 0. The Labute approximate surface area is 260 Å². The van der Waals surface area contributed by atoms with E-state index in [9.17, 15) is 4.57 Å². The van der Waals surface area contributed by atoms with Crippen molar-refractivity contribution in [3.8, 4) is 11.1 Å². The molecule has 0 aromatic heterocycles. The molecule has 0 saturated heterocycles. The average molecular weight is 609 g/mol. The summed E-state index contributed by atoms with van der Waals surface area (Å²) in [6, 6.07) is 53.7. The summed E-state index contributed by atoms with van der Waals surface area (Å²) in [6.45, 7) is 3.90. The molecule has 0 amide bonds. The lowest BCUT2D eigenvalue weighted by atomic mass is 9.98. The molecule has 0 aliphatic rings. The molecular formula is C40H34O2P2. The summed E-state index contributed by atoms with van der Waals surface area (Å²) in [6.07, 6.45) is 2.54. The van der Waals surface area contributed by atoms with Crippen LogP contribution in [0.15, 0.2) is 170 Å². The van der Waals surface area contributed by atoms with Gasteiger partial charge in [0.1, 0.15) is 14.3 Å². The van der Waals surface area contributed by atoms with Crippen molar-refractivity contribution in [2.75, 3.05) is 0 Å². The van der Waals surface area contributed by atoms with Crippen molar-refractivity contribution in [2.24, 2.45) is 0 Å². The first-order valence-corrected chi connectivity index (χ1v) is 18.5. The van der Waals surface area contributed by atoms with E-state index in [0.29, 0.717) is 12.3 Å². The SMILES string of the molecule is C=Cc1ccc(-c2ccc(CP(=O)(c3ccccc3)c3ccccc3)cc2CP(=O)(c2ccccc2)c2ccccc2)cc1. The summed E-state index contributed by atoms with van der Waals surface area (Å²) < 4.78 is 30.2. The van der Waals surface area contributed by atoms with Crippen LogP contribution in [0.1, 0.15) is 16.7 Å². The average Bonchev–Trinajstić information content (AvgIpc) is 3.10. The second-order valence-electron chi connectivity index (χ2n) is 11.0. The van der Waals surface area contributed by atoms with Crippen LogP contribution in [-0.4, -0.2) is 0 Å². The maximum Gasteiger partial charge on any atom is 0.147 e. The fourth-order valence-corrected chi connectivity index (χ4v) is 11.2. The van der Waals surface area contributed by atoms with Crippen molar-refractivity contribution in [1.29, 1.82) is 0 Å². The zero-order valence-corrected chi connectivity index (χ0v) is 26.3. The first-order chi connectivity index (χ1) is 21.5. The summed E-state index contributed by atoms with van der Waals surface area (Å²) in [5.74, 6) is 0. The van der Waals surface area contributed by atoms with E-state index in [1.807, 2.05) is 140 Å². The molecule has 0 unspecified atom stereocenters. The normalized spacial score (nSPS) is 11.6. The van der Waals surface area contributed by atoms with E-state index in [2.05, 4.69) is 36.9 Å². The topological polar surface area (TPSA) is 34.1 Å². The summed E-state index contributed by atoms with van der Waals surface area (Å²) in [5.41, 5.74) is 5.02. The van der Waals surface area contributed by atoms with Crippen molar-refractivity contribution in [3.63, 3.8) is 0 Å². The molecule has 0 atom stereocenters. The van der Waals surface area contributed by atoms with Crippen LogP contribution in [0.3, 0.4) is 0 Å². The Morgan fingerprint density at radius 2 is 0.886 bits per heavy atom. The molecule has 0 spiro atoms. The van der Waals surface area contributed by atoms with Crippen LogP contribution in [-0.2, 0) is 21.5 Å². The Morgan fingerprint density at radius 1 is 0.477 bits per heavy atom. The zero-order valence-electron chi connectivity index (χ0n) is 24.5. The maximum absolute atomic E-state index is 15.2. The molecule has 0 aliphatic heterocycles. The number of rotatable bonds is 10. The molecule has 0 fully saturated rings. The monoisotopic (exact) mass is 608 g/mol. The predicted molar refractivity (Wildman–Crippen MR) is 189 cm³/mol. The van der Waals surface area contributed by atoms with Crippen molar-refractivity contribution in [2.45, 2.75) is 12.3 Å². The molecule has 6 rings (SSSR count). The smallest absolute Gasteiger partial charge is 0.147 e. The highest BCUT2D eigenvalue weighted by Crippen LogP contribution is 2.50. The van der Waals surface area contributed by atoms with E-state index in [1.165, 1.54) is 0 Å². The van der Waals surface area contributed by atoms with Crippen LogP contribution in [0.5, 0.6) is 0 Å². The van der Waals surface area contributed by atoms with E-state index >= 15 is 4.57 Å². The lowest BCUT2D eigenvalue weighted by Gasteiger charge is -2.23. The van der Waals surface area contributed by atoms with Crippen LogP contribution in [0.4, 0.5) is 0 Å². The molecule has 0 radical (unpaired) electrons. The van der Waals surface area contributed by atoms with E-state index in [0.717, 1.165) is 49.0 Å². The van der Waals surface area contributed by atoms with Crippen LogP contribution in [0.25, 0.3) is 17.2 Å². The van der Waals surface area contributed by atoms with E-state index in [1.54, 1.807) is 0 Å². The quantitative estimate of drug-likeness (QED) is 0.146. The van der Waals surface area contributed by atoms with Crippen molar-refractivity contribution < 1.29 is 9.13 Å². The van der Waals surface area contributed by atoms with E-state index in [4.69, 9.17) is 0 Å². The van der Waals surface area contributed by atoms with Crippen LogP contribution >= 0.6 is 14.3 Å². The highest BCUT2D eigenvalue weighted by atomic mass is 31.2. The van der Waals surface area contributed by atoms with Crippen molar-refractivity contribution >= 4 is 41.6 Å². The molecular weight excluding hydrogens is 574 g/mol. The first kappa shape index (κ1) is 29.6. The second kappa shape index (κ2) is 13.0. The van der Waals surface area contributed by atoms with Gasteiger partial charge in [0.15, 0.2) is 0 Å². The molecule has 0 aliphatic carbocycles. The van der Waals surface area contributed by atoms with Gasteiger partial charge in [-0.25, -0.2) is 0 Å². The maximum atomic E-state index is 15.2. The standard InChI is InChI=1S/C40H34O2P2/c1-2-32-23-26-34(27-24-32)40-28-25-33(30-43(41,36-15-7-3-8-16-36)37-17-9-4-10-18-37)29-35(40)31-44(42,38-19-11-5-12-20-38)39-21-13-6-14-22-39/h2-29H,1,30-31H2. The minimum absolute atomic E-state index is 0.342. The van der Waals surface area contributed by atoms with Crippen LogP contribution in [0, 0.1) is 0 Å². The first-order valence-electron chi connectivity index (χ1n) is 14.7. The lowest BCUT2D eigenvalue weighted by molar-refractivity contribution is 0.586. The molecule has 6 aromatic rings. The summed E-state index contributed by atoms with van der Waals surface area (Å²) >= 11 is 0. The molecule has 0 heterocycles. The summed E-state index contributed by atoms with van der Waals surface area (Å²) in [5, 5.41) is 3.31. The predicted octanol–water partition coefficient (Wildman–Crippen LogP) is 9.02. The Morgan fingerprint density at radius 3 is 1.30 bits per heavy atom. The molecule has 216 valence electrons. The van der Waals surface area contributed by atoms with Gasteiger partial charge in [-0.15, -0.1) is 0 Å². The lowest BCUT2D eigenvalue weighted by Crippen LogP contribution is -2.18. The highest BCUT2D eigenvalue weighted by Gasteiger charge is 2.31. The highest BCUT2D eigenvalue weighted by molar-refractivity contribution is 7.78. The zero-order chi connectivity index (χ0) is 30.4. The van der Waals surface area contributed by atoms with Gasteiger partial charge in [-0.2, -0.15) is 0 Å². The fourth-order valence-electron chi connectivity index (χ4n) is 5.79. The van der Waals surface area contributed by atoms with Gasteiger partial charge in [0.25, 0.3) is 0 Å². The molecule has 2 nitrogen and oxygen atoms in total. The molecule has 0 N–H and O–H groups in total. The molecule has 4 heteroatoms. The molecule has 0 saturated carbocycles. The number of hydrogen-bond donors (Lipinski definition) is 0. The van der Waals surface area contributed by atoms with Gasteiger partial charge in [0.05, 0.1) is 0 Å².